The van der Waals surface area contributed by atoms with Crippen LogP contribution in [0.3, 0.4) is 0 Å². The van der Waals surface area contributed by atoms with Crippen molar-refractivity contribution in [2.75, 3.05) is 46.6 Å². The second kappa shape index (κ2) is 10.3. The van der Waals surface area contributed by atoms with E-state index < -0.39 is 17.1 Å². The normalized spacial score (nSPS) is 18.1. The fourth-order valence-corrected chi connectivity index (χ4v) is 4.29. The Kier molecular flexibility index (Phi) is 7.72. The summed E-state index contributed by atoms with van der Waals surface area (Å²) in [4.78, 5) is 51.3. The maximum absolute atomic E-state index is 12.6. The van der Waals surface area contributed by atoms with Crippen LogP contribution in [0.2, 0.25) is 0 Å². The van der Waals surface area contributed by atoms with Gasteiger partial charge in [-0.05, 0) is 58.1 Å². The van der Waals surface area contributed by atoms with Crippen molar-refractivity contribution in [3.8, 4) is 5.75 Å². The molecular weight excluding hydrogens is 527 g/mol. The van der Waals surface area contributed by atoms with Crippen LogP contribution in [0, 0.1) is 3.57 Å². The molecule has 2 saturated heterocycles. The number of rotatable bonds is 6. The molecule has 30 heavy (non-hydrogen) atoms. The Morgan fingerprint density at radius 2 is 2.00 bits per heavy atom. The number of imide groups is 1. The minimum Gasteiger partial charge on any atom is -0.481 e. The summed E-state index contributed by atoms with van der Waals surface area (Å²) in [7, 11) is 1.28. The number of morpholine rings is 1. The molecule has 0 aromatic heterocycles. The topological polar surface area (TPSA) is 102 Å². The van der Waals surface area contributed by atoms with Crippen molar-refractivity contribution in [1.82, 2.24) is 9.80 Å². The second-order valence-corrected chi connectivity index (χ2v) is 8.47. The molecule has 11 heteroatoms. The Hall–Kier alpha value is -2.12. The van der Waals surface area contributed by atoms with Gasteiger partial charge < -0.3 is 19.1 Å². The lowest BCUT2D eigenvalue weighted by Crippen LogP contribution is -2.46. The van der Waals surface area contributed by atoms with Gasteiger partial charge in [0, 0.05) is 13.1 Å². The van der Waals surface area contributed by atoms with Crippen molar-refractivity contribution >= 4 is 63.5 Å². The highest BCUT2D eigenvalue weighted by Gasteiger charge is 2.37. The van der Waals surface area contributed by atoms with E-state index in [0.29, 0.717) is 37.6 Å². The van der Waals surface area contributed by atoms with Gasteiger partial charge in [-0.25, -0.2) is 4.79 Å². The van der Waals surface area contributed by atoms with Gasteiger partial charge in [0.2, 0.25) is 5.91 Å². The van der Waals surface area contributed by atoms with Crippen molar-refractivity contribution in [2.45, 2.75) is 0 Å². The predicted octanol–water partition coefficient (Wildman–Crippen LogP) is 1.74. The Morgan fingerprint density at radius 1 is 1.27 bits per heavy atom. The summed E-state index contributed by atoms with van der Waals surface area (Å²) in [6, 6.07) is 5.14. The zero-order valence-corrected chi connectivity index (χ0v) is 19.1. The number of methoxy groups -OCH3 is 1. The number of thioether (sulfide) groups is 1. The van der Waals surface area contributed by atoms with Gasteiger partial charge in [-0.15, -0.1) is 0 Å². The second-order valence-electron chi connectivity index (χ2n) is 6.32. The first-order valence-corrected chi connectivity index (χ1v) is 10.9. The van der Waals surface area contributed by atoms with Crippen LogP contribution in [-0.4, -0.2) is 79.4 Å². The lowest BCUT2D eigenvalue weighted by molar-refractivity contribution is -0.143. The Labute approximate surface area is 190 Å². The van der Waals surface area contributed by atoms with E-state index >= 15 is 0 Å². The van der Waals surface area contributed by atoms with Gasteiger partial charge in [0.1, 0.15) is 12.3 Å². The minimum absolute atomic E-state index is 0.206. The van der Waals surface area contributed by atoms with Crippen LogP contribution in [0.25, 0.3) is 6.08 Å². The average Bonchev–Trinajstić information content (AvgIpc) is 3.00. The van der Waals surface area contributed by atoms with Gasteiger partial charge in [-0.3, -0.25) is 19.3 Å². The van der Waals surface area contributed by atoms with Crippen molar-refractivity contribution in [1.29, 1.82) is 0 Å². The molecule has 2 aliphatic rings. The Balaban J connectivity index is 1.66. The number of ether oxygens (including phenoxy) is 3. The van der Waals surface area contributed by atoms with Gasteiger partial charge in [0.25, 0.3) is 11.1 Å². The number of nitrogens with zero attached hydrogens (tertiary/aromatic N) is 2. The van der Waals surface area contributed by atoms with E-state index in [2.05, 4.69) is 4.74 Å². The number of carbonyl (C=O) groups excluding carboxylic acids is 4. The maximum Gasteiger partial charge on any atom is 0.343 e. The first-order chi connectivity index (χ1) is 14.4. The Morgan fingerprint density at radius 3 is 2.67 bits per heavy atom. The molecule has 0 spiro atoms. The van der Waals surface area contributed by atoms with Gasteiger partial charge in [-0.2, -0.15) is 0 Å². The van der Waals surface area contributed by atoms with E-state index in [9.17, 15) is 19.2 Å². The number of hydrogen-bond acceptors (Lipinski definition) is 8. The SMILES string of the molecule is COC(=O)COc1ccc(/C=C2/SC(=O)N(CC(=O)N3CCOCC3)C2=O)cc1I. The van der Waals surface area contributed by atoms with Crippen LogP contribution in [0.15, 0.2) is 23.1 Å². The van der Waals surface area contributed by atoms with Crippen LogP contribution in [-0.2, 0) is 23.9 Å². The number of hydrogen-bond donors (Lipinski definition) is 0. The molecule has 2 fully saturated rings. The lowest BCUT2D eigenvalue weighted by Gasteiger charge is -2.28. The van der Waals surface area contributed by atoms with Crippen LogP contribution < -0.4 is 4.74 Å². The molecule has 0 saturated carbocycles. The molecule has 0 N–H and O–H groups in total. The Bertz CT molecular complexity index is 899. The first-order valence-electron chi connectivity index (χ1n) is 8.99. The molecule has 9 nitrogen and oxygen atoms in total. The molecular formula is C19H19IN2O7S. The summed E-state index contributed by atoms with van der Waals surface area (Å²) in [5, 5.41) is -0.472. The molecule has 0 atom stereocenters. The minimum atomic E-state index is -0.493. The molecule has 1 aromatic carbocycles. The van der Waals surface area contributed by atoms with Crippen molar-refractivity contribution in [3.05, 3.63) is 32.2 Å². The van der Waals surface area contributed by atoms with Crippen LogP contribution >= 0.6 is 34.4 Å². The molecule has 3 rings (SSSR count). The van der Waals surface area contributed by atoms with E-state index in [-0.39, 0.29) is 24.0 Å². The standard InChI is InChI=1S/C19H19IN2O7S/c1-27-17(24)11-29-14-3-2-12(8-13(14)20)9-15-18(25)22(19(26)30-15)10-16(23)21-4-6-28-7-5-21/h2-3,8-9H,4-7,10-11H2,1H3/b15-9+. The summed E-state index contributed by atoms with van der Waals surface area (Å²) in [5.74, 6) is -0.756. The lowest BCUT2D eigenvalue weighted by atomic mass is 10.2. The quantitative estimate of drug-likeness (QED) is 0.302. The highest BCUT2D eigenvalue weighted by molar-refractivity contribution is 14.1. The zero-order valence-electron chi connectivity index (χ0n) is 16.1. The van der Waals surface area contributed by atoms with Crippen LogP contribution in [0.4, 0.5) is 4.79 Å². The number of benzene rings is 1. The van der Waals surface area contributed by atoms with E-state index in [1.807, 2.05) is 22.6 Å². The smallest absolute Gasteiger partial charge is 0.343 e. The van der Waals surface area contributed by atoms with Gasteiger partial charge >= 0.3 is 5.97 Å². The first kappa shape index (κ1) is 22.6. The van der Waals surface area contributed by atoms with Gasteiger partial charge in [-0.1, -0.05) is 6.07 Å². The summed E-state index contributed by atoms with van der Waals surface area (Å²) in [6.07, 6.45) is 1.59. The van der Waals surface area contributed by atoms with Crippen LogP contribution in [0.5, 0.6) is 5.75 Å². The third-order valence-electron chi connectivity index (χ3n) is 4.36. The largest absolute Gasteiger partial charge is 0.481 e. The summed E-state index contributed by atoms with van der Waals surface area (Å²) < 4.78 is 15.9. The molecule has 2 heterocycles. The molecule has 2 aliphatic heterocycles. The molecule has 0 aliphatic carbocycles. The highest BCUT2D eigenvalue weighted by atomic mass is 127. The predicted molar refractivity (Wildman–Crippen MR) is 117 cm³/mol. The van der Waals surface area contributed by atoms with Gasteiger partial charge in [0.15, 0.2) is 6.61 Å². The number of carbonyl (C=O) groups is 4. The number of halogens is 1. The third-order valence-corrected chi connectivity index (χ3v) is 6.11. The average molecular weight is 546 g/mol. The van der Waals surface area contributed by atoms with E-state index in [0.717, 1.165) is 20.2 Å². The molecule has 0 unspecified atom stereocenters. The van der Waals surface area contributed by atoms with Crippen molar-refractivity contribution in [2.24, 2.45) is 0 Å². The summed E-state index contributed by atoms with van der Waals surface area (Å²) in [5.41, 5.74) is 0.690. The third kappa shape index (κ3) is 5.52. The maximum atomic E-state index is 12.6. The van der Waals surface area contributed by atoms with E-state index in [1.54, 1.807) is 29.2 Å². The molecule has 1 aromatic rings. The number of amides is 3. The fraction of sp³-hybridized carbons (Fsp3) is 0.368. The van der Waals surface area contributed by atoms with Crippen molar-refractivity contribution in [3.63, 3.8) is 0 Å². The zero-order chi connectivity index (χ0) is 21.7. The van der Waals surface area contributed by atoms with E-state index in [1.165, 1.54) is 7.11 Å². The monoisotopic (exact) mass is 546 g/mol. The molecule has 160 valence electrons. The number of esters is 1. The summed E-state index contributed by atoms with van der Waals surface area (Å²) in [6.45, 7) is 1.32. The van der Waals surface area contributed by atoms with Crippen LogP contribution in [0.1, 0.15) is 5.56 Å². The highest BCUT2D eigenvalue weighted by Crippen LogP contribution is 2.33. The molecule has 0 bridgehead atoms. The fourth-order valence-electron chi connectivity index (χ4n) is 2.76. The van der Waals surface area contributed by atoms with Gasteiger partial charge in [0.05, 0.1) is 28.8 Å². The van der Waals surface area contributed by atoms with Crippen molar-refractivity contribution < 1.29 is 33.4 Å². The molecule has 3 amide bonds. The summed E-state index contributed by atoms with van der Waals surface area (Å²) >= 11 is 2.85. The molecule has 0 radical (unpaired) electrons. The van der Waals surface area contributed by atoms with E-state index in [4.69, 9.17) is 9.47 Å².